The van der Waals surface area contributed by atoms with E-state index in [0.29, 0.717) is 30.6 Å². The average molecular weight is 565 g/mol. The molecule has 2 saturated heterocycles. The number of amides is 1. The number of benzene rings is 1. The minimum Gasteiger partial charge on any atom is -0.381 e. The fourth-order valence-corrected chi connectivity index (χ4v) is 3.86. The molecule has 0 spiro atoms. The fourth-order valence-electron chi connectivity index (χ4n) is 3.74. The molecule has 0 bridgehead atoms. The van der Waals surface area contributed by atoms with Gasteiger partial charge in [-0.2, -0.15) is 0 Å². The monoisotopic (exact) mass is 564 g/mol. The maximum absolute atomic E-state index is 12.6. The van der Waals surface area contributed by atoms with Gasteiger partial charge in [-0.25, -0.2) is 0 Å². The number of guanidine groups is 1. The van der Waals surface area contributed by atoms with E-state index in [1.54, 1.807) is 7.05 Å². The van der Waals surface area contributed by atoms with Crippen molar-refractivity contribution in [2.45, 2.75) is 25.8 Å². The summed E-state index contributed by atoms with van der Waals surface area (Å²) in [4.78, 5) is 20.9. The van der Waals surface area contributed by atoms with Gasteiger partial charge in [-0.1, -0.05) is 23.7 Å². The standard InChI is InChI=1S/C22H33ClN4O3.HI/c1-24-22(25-9-2-12-30-17-19-7-13-29-14-8-19)27-11-10-26(21(28)16-27)15-18-3-5-20(23)6-4-18;/h3-6,19H,2,7-17H2,1H3,(H,24,25);1H. The molecule has 9 heteroatoms. The summed E-state index contributed by atoms with van der Waals surface area (Å²) >= 11 is 5.94. The van der Waals surface area contributed by atoms with E-state index < -0.39 is 0 Å². The van der Waals surface area contributed by atoms with Gasteiger partial charge in [0.05, 0.1) is 6.54 Å². The Hall–Kier alpha value is -1.10. The second kappa shape index (κ2) is 14.1. The molecule has 0 atom stereocenters. The molecule has 2 aliphatic heterocycles. The van der Waals surface area contributed by atoms with Gasteiger partial charge < -0.3 is 24.6 Å². The summed E-state index contributed by atoms with van der Waals surface area (Å²) in [6.45, 7) is 6.44. The van der Waals surface area contributed by atoms with Crippen LogP contribution >= 0.6 is 35.6 Å². The van der Waals surface area contributed by atoms with Crippen molar-refractivity contribution in [2.75, 3.05) is 59.7 Å². The summed E-state index contributed by atoms with van der Waals surface area (Å²) in [6.07, 6.45) is 3.11. The topological polar surface area (TPSA) is 66.4 Å². The number of nitrogens with zero attached hydrogens (tertiary/aromatic N) is 3. The molecule has 1 N–H and O–H groups in total. The molecule has 0 radical (unpaired) electrons. The Bertz CT molecular complexity index is 699. The molecule has 7 nitrogen and oxygen atoms in total. The Labute approximate surface area is 207 Å². The zero-order valence-corrected chi connectivity index (χ0v) is 21.3. The molecule has 0 aliphatic carbocycles. The van der Waals surface area contributed by atoms with E-state index in [-0.39, 0.29) is 29.9 Å². The number of hydrogen-bond acceptors (Lipinski definition) is 4. The summed E-state index contributed by atoms with van der Waals surface area (Å²) in [7, 11) is 1.76. The number of carbonyl (C=O) groups is 1. The minimum atomic E-state index is 0. The lowest BCUT2D eigenvalue weighted by molar-refractivity contribution is -0.135. The highest BCUT2D eigenvalue weighted by Crippen LogP contribution is 2.15. The Morgan fingerprint density at radius 3 is 2.68 bits per heavy atom. The average Bonchev–Trinajstić information content (AvgIpc) is 2.77. The summed E-state index contributed by atoms with van der Waals surface area (Å²) in [6, 6.07) is 7.65. The number of rotatable bonds is 8. The lowest BCUT2D eigenvalue weighted by Gasteiger charge is -2.36. The molecule has 2 aliphatic rings. The van der Waals surface area contributed by atoms with Crippen LogP contribution in [0.3, 0.4) is 0 Å². The lowest BCUT2D eigenvalue weighted by Crippen LogP contribution is -2.55. The number of nitrogens with one attached hydrogen (secondary N) is 1. The van der Waals surface area contributed by atoms with E-state index in [2.05, 4.69) is 10.3 Å². The van der Waals surface area contributed by atoms with Crippen LogP contribution in [0.25, 0.3) is 0 Å². The van der Waals surface area contributed by atoms with Crippen molar-refractivity contribution in [3.63, 3.8) is 0 Å². The van der Waals surface area contributed by atoms with Crippen molar-refractivity contribution < 1.29 is 14.3 Å². The van der Waals surface area contributed by atoms with Gasteiger partial charge in [-0.05, 0) is 42.9 Å². The van der Waals surface area contributed by atoms with Gasteiger partial charge in [-0.3, -0.25) is 9.79 Å². The molecule has 31 heavy (non-hydrogen) atoms. The molecular formula is C22H34ClIN4O3. The van der Waals surface area contributed by atoms with Crippen molar-refractivity contribution >= 4 is 47.4 Å². The number of aliphatic imine (C=N–C) groups is 1. The van der Waals surface area contributed by atoms with E-state index in [1.807, 2.05) is 34.1 Å². The maximum atomic E-state index is 12.6. The smallest absolute Gasteiger partial charge is 0.242 e. The zero-order chi connectivity index (χ0) is 21.2. The molecule has 0 saturated carbocycles. The third-order valence-corrected chi connectivity index (χ3v) is 5.81. The van der Waals surface area contributed by atoms with E-state index in [4.69, 9.17) is 21.1 Å². The van der Waals surface area contributed by atoms with E-state index >= 15 is 0 Å². The van der Waals surface area contributed by atoms with Gasteiger partial charge in [0.1, 0.15) is 0 Å². The Morgan fingerprint density at radius 2 is 2.00 bits per heavy atom. The normalized spacial score (nSPS) is 18.1. The highest BCUT2D eigenvalue weighted by Gasteiger charge is 2.25. The number of ether oxygens (including phenoxy) is 2. The Morgan fingerprint density at radius 1 is 1.26 bits per heavy atom. The van der Waals surface area contributed by atoms with Crippen LogP contribution in [0.2, 0.25) is 5.02 Å². The molecule has 3 rings (SSSR count). The molecule has 2 fully saturated rings. The van der Waals surface area contributed by atoms with Gasteiger partial charge in [0.15, 0.2) is 5.96 Å². The van der Waals surface area contributed by atoms with E-state index in [0.717, 1.165) is 70.3 Å². The van der Waals surface area contributed by atoms with Gasteiger partial charge >= 0.3 is 0 Å². The van der Waals surface area contributed by atoms with Gasteiger partial charge in [0.25, 0.3) is 0 Å². The summed E-state index contributed by atoms with van der Waals surface area (Å²) < 4.78 is 11.2. The molecule has 174 valence electrons. The summed E-state index contributed by atoms with van der Waals surface area (Å²) in [5, 5.41) is 4.07. The predicted molar refractivity (Wildman–Crippen MR) is 134 cm³/mol. The molecular weight excluding hydrogens is 531 g/mol. The third kappa shape index (κ3) is 8.75. The Balaban J connectivity index is 0.00000341. The first-order valence-corrected chi connectivity index (χ1v) is 11.2. The Kier molecular flexibility index (Phi) is 11.9. The predicted octanol–water partition coefficient (Wildman–Crippen LogP) is 3.01. The third-order valence-electron chi connectivity index (χ3n) is 5.56. The largest absolute Gasteiger partial charge is 0.381 e. The van der Waals surface area contributed by atoms with Crippen LogP contribution in [-0.4, -0.2) is 81.3 Å². The second-order valence-corrected chi connectivity index (χ2v) is 8.26. The summed E-state index contributed by atoms with van der Waals surface area (Å²) in [5.41, 5.74) is 1.09. The van der Waals surface area contributed by atoms with E-state index in [9.17, 15) is 4.79 Å². The molecule has 1 amide bonds. The molecule has 0 unspecified atom stereocenters. The minimum absolute atomic E-state index is 0. The first kappa shape index (κ1) is 26.2. The molecule has 2 heterocycles. The zero-order valence-electron chi connectivity index (χ0n) is 18.2. The van der Waals surface area contributed by atoms with Crippen LogP contribution in [0.1, 0.15) is 24.8 Å². The van der Waals surface area contributed by atoms with Crippen molar-refractivity contribution in [3.8, 4) is 0 Å². The first-order valence-electron chi connectivity index (χ1n) is 10.8. The molecule has 1 aromatic carbocycles. The van der Waals surface area contributed by atoms with Crippen LogP contribution < -0.4 is 5.32 Å². The lowest BCUT2D eigenvalue weighted by atomic mass is 10.0. The number of halogens is 2. The van der Waals surface area contributed by atoms with Crippen LogP contribution in [0.15, 0.2) is 29.3 Å². The van der Waals surface area contributed by atoms with Crippen LogP contribution in [0.4, 0.5) is 0 Å². The number of piperazine rings is 1. The van der Waals surface area contributed by atoms with Crippen LogP contribution in [0.5, 0.6) is 0 Å². The van der Waals surface area contributed by atoms with Crippen LogP contribution in [0, 0.1) is 5.92 Å². The quantitative estimate of drug-likeness (QED) is 0.228. The number of carbonyl (C=O) groups excluding carboxylic acids is 1. The fraction of sp³-hybridized carbons (Fsp3) is 0.636. The SMILES string of the molecule is CN=C(NCCCOCC1CCOCC1)N1CCN(Cc2ccc(Cl)cc2)C(=O)C1.I. The van der Waals surface area contributed by atoms with Crippen molar-refractivity contribution in [1.82, 2.24) is 15.1 Å². The van der Waals surface area contributed by atoms with Crippen molar-refractivity contribution in [3.05, 3.63) is 34.9 Å². The molecule has 0 aromatic heterocycles. The van der Waals surface area contributed by atoms with Gasteiger partial charge in [-0.15, -0.1) is 24.0 Å². The summed E-state index contributed by atoms with van der Waals surface area (Å²) in [5.74, 6) is 1.52. The van der Waals surface area contributed by atoms with Gasteiger partial charge in [0, 0.05) is 64.7 Å². The van der Waals surface area contributed by atoms with E-state index in [1.165, 1.54) is 0 Å². The highest BCUT2D eigenvalue weighted by molar-refractivity contribution is 14.0. The number of hydrogen-bond donors (Lipinski definition) is 1. The highest BCUT2D eigenvalue weighted by atomic mass is 127. The second-order valence-electron chi connectivity index (χ2n) is 7.82. The van der Waals surface area contributed by atoms with Crippen molar-refractivity contribution in [1.29, 1.82) is 0 Å². The van der Waals surface area contributed by atoms with Gasteiger partial charge in [0.2, 0.25) is 5.91 Å². The molecule has 1 aromatic rings. The van der Waals surface area contributed by atoms with Crippen molar-refractivity contribution in [2.24, 2.45) is 10.9 Å². The van der Waals surface area contributed by atoms with Crippen LogP contribution in [-0.2, 0) is 20.8 Å². The maximum Gasteiger partial charge on any atom is 0.242 e. The first-order chi connectivity index (χ1) is 14.7.